The van der Waals surface area contributed by atoms with Crippen LogP contribution in [0.15, 0.2) is 49.6 Å². The van der Waals surface area contributed by atoms with Crippen LogP contribution in [0.2, 0.25) is 0 Å². The lowest BCUT2D eigenvalue weighted by Crippen LogP contribution is -2.35. The molecule has 0 bridgehead atoms. The first kappa shape index (κ1) is 15.0. The predicted octanol–water partition coefficient (Wildman–Crippen LogP) is 2.83. The molecule has 0 spiro atoms. The Labute approximate surface area is 115 Å². The van der Waals surface area contributed by atoms with E-state index in [9.17, 15) is 4.79 Å². The standard InChI is InChI=1S/C16H21NO2/c1-4-11-17(12-5-2)16(18)13-19-15-9-7-14(6-3)8-10-15/h4-5,7-10H,1-2,6,11-13H2,3H3. The highest BCUT2D eigenvalue weighted by molar-refractivity contribution is 5.78. The van der Waals surface area contributed by atoms with Crippen LogP contribution >= 0.6 is 0 Å². The Balaban J connectivity index is 2.51. The van der Waals surface area contributed by atoms with E-state index in [4.69, 9.17) is 4.74 Å². The normalized spacial score (nSPS) is 9.74. The Kier molecular flexibility index (Phi) is 6.44. The maximum absolute atomic E-state index is 11.9. The van der Waals surface area contributed by atoms with E-state index in [1.54, 1.807) is 17.1 Å². The Morgan fingerprint density at radius 3 is 2.26 bits per heavy atom. The Morgan fingerprint density at radius 1 is 1.21 bits per heavy atom. The third kappa shape index (κ3) is 5.00. The molecule has 0 radical (unpaired) electrons. The summed E-state index contributed by atoms with van der Waals surface area (Å²) in [6.45, 7) is 10.4. The van der Waals surface area contributed by atoms with Crippen molar-refractivity contribution in [2.45, 2.75) is 13.3 Å². The molecule has 0 N–H and O–H groups in total. The number of hydrogen-bond acceptors (Lipinski definition) is 2. The number of nitrogens with zero attached hydrogens (tertiary/aromatic N) is 1. The van der Waals surface area contributed by atoms with E-state index in [1.165, 1.54) is 5.56 Å². The van der Waals surface area contributed by atoms with Crippen molar-refractivity contribution in [3.8, 4) is 5.75 Å². The number of aryl methyl sites for hydroxylation is 1. The van der Waals surface area contributed by atoms with Crippen molar-refractivity contribution in [3.05, 3.63) is 55.1 Å². The average molecular weight is 259 g/mol. The minimum Gasteiger partial charge on any atom is -0.484 e. The van der Waals surface area contributed by atoms with Crippen LogP contribution in [-0.2, 0) is 11.2 Å². The van der Waals surface area contributed by atoms with Gasteiger partial charge in [-0.3, -0.25) is 4.79 Å². The number of amides is 1. The van der Waals surface area contributed by atoms with E-state index in [0.29, 0.717) is 18.8 Å². The van der Waals surface area contributed by atoms with Crippen LogP contribution in [0, 0.1) is 0 Å². The van der Waals surface area contributed by atoms with E-state index < -0.39 is 0 Å². The van der Waals surface area contributed by atoms with Crippen molar-refractivity contribution in [2.75, 3.05) is 19.7 Å². The summed E-state index contributed by atoms with van der Waals surface area (Å²) in [4.78, 5) is 13.6. The summed E-state index contributed by atoms with van der Waals surface area (Å²) in [5, 5.41) is 0. The van der Waals surface area contributed by atoms with Gasteiger partial charge >= 0.3 is 0 Å². The van der Waals surface area contributed by atoms with Crippen LogP contribution in [-0.4, -0.2) is 30.5 Å². The van der Waals surface area contributed by atoms with Crippen LogP contribution in [0.4, 0.5) is 0 Å². The average Bonchev–Trinajstić information content (AvgIpc) is 2.45. The predicted molar refractivity (Wildman–Crippen MR) is 78.3 cm³/mol. The second-order valence-corrected chi connectivity index (χ2v) is 4.16. The van der Waals surface area contributed by atoms with E-state index in [1.807, 2.05) is 24.3 Å². The topological polar surface area (TPSA) is 29.5 Å². The van der Waals surface area contributed by atoms with Gasteiger partial charge in [0.2, 0.25) is 0 Å². The first-order valence-electron chi connectivity index (χ1n) is 6.42. The zero-order valence-electron chi connectivity index (χ0n) is 11.5. The number of rotatable bonds is 8. The maximum atomic E-state index is 11.9. The molecule has 0 aromatic heterocycles. The third-order valence-corrected chi connectivity index (χ3v) is 2.75. The summed E-state index contributed by atoms with van der Waals surface area (Å²) in [6.07, 6.45) is 4.38. The number of ether oxygens (including phenoxy) is 1. The van der Waals surface area contributed by atoms with Crippen LogP contribution in [0.5, 0.6) is 5.75 Å². The van der Waals surface area contributed by atoms with Gasteiger partial charge in [-0.1, -0.05) is 31.2 Å². The fourth-order valence-corrected chi connectivity index (χ4v) is 1.65. The monoisotopic (exact) mass is 259 g/mol. The van der Waals surface area contributed by atoms with Crippen molar-refractivity contribution in [2.24, 2.45) is 0 Å². The lowest BCUT2D eigenvalue weighted by molar-refractivity contribution is -0.132. The molecule has 1 aromatic rings. The van der Waals surface area contributed by atoms with Crippen molar-refractivity contribution >= 4 is 5.91 Å². The van der Waals surface area contributed by atoms with Gasteiger partial charge in [-0.2, -0.15) is 0 Å². The van der Waals surface area contributed by atoms with Gasteiger partial charge in [0.15, 0.2) is 6.61 Å². The molecule has 1 rings (SSSR count). The zero-order chi connectivity index (χ0) is 14.1. The summed E-state index contributed by atoms with van der Waals surface area (Å²) in [5.41, 5.74) is 1.25. The molecule has 0 heterocycles. The van der Waals surface area contributed by atoms with Crippen LogP contribution in [0.25, 0.3) is 0 Å². The van der Waals surface area contributed by atoms with Gasteiger partial charge in [0, 0.05) is 13.1 Å². The minimum absolute atomic E-state index is 0.0349. The molecular formula is C16H21NO2. The van der Waals surface area contributed by atoms with Gasteiger partial charge in [0.1, 0.15) is 5.75 Å². The van der Waals surface area contributed by atoms with Crippen LogP contribution in [0.3, 0.4) is 0 Å². The van der Waals surface area contributed by atoms with Gasteiger partial charge in [-0.25, -0.2) is 0 Å². The molecule has 0 atom stereocenters. The lowest BCUT2D eigenvalue weighted by Gasteiger charge is -2.19. The molecule has 102 valence electrons. The molecule has 0 aliphatic rings. The molecule has 0 saturated carbocycles. The number of carbonyl (C=O) groups is 1. The van der Waals surface area contributed by atoms with E-state index in [2.05, 4.69) is 20.1 Å². The van der Waals surface area contributed by atoms with Crippen molar-refractivity contribution in [1.29, 1.82) is 0 Å². The molecule has 3 nitrogen and oxygen atoms in total. The largest absolute Gasteiger partial charge is 0.484 e. The van der Waals surface area contributed by atoms with Crippen LogP contribution < -0.4 is 4.74 Å². The molecule has 1 aromatic carbocycles. The highest BCUT2D eigenvalue weighted by atomic mass is 16.5. The van der Waals surface area contributed by atoms with E-state index in [0.717, 1.165) is 6.42 Å². The number of benzene rings is 1. The maximum Gasteiger partial charge on any atom is 0.261 e. The lowest BCUT2D eigenvalue weighted by atomic mass is 10.2. The zero-order valence-corrected chi connectivity index (χ0v) is 11.5. The summed E-state index contributed by atoms with van der Waals surface area (Å²) in [7, 11) is 0. The molecule has 0 fully saturated rings. The molecule has 0 unspecified atom stereocenters. The van der Waals surface area contributed by atoms with Gasteiger partial charge in [-0.15, -0.1) is 13.2 Å². The first-order chi connectivity index (χ1) is 9.21. The fourth-order valence-electron chi connectivity index (χ4n) is 1.65. The molecule has 3 heteroatoms. The minimum atomic E-state index is -0.0700. The van der Waals surface area contributed by atoms with Gasteiger partial charge in [0.25, 0.3) is 5.91 Å². The smallest absolute Gasteiger partial charge is 0.261 e. The summed E-state index contributed by atoms with van der Waals surface area (Å²) in [5.74, 6) is 0.641. The highest BCUT2D eigenvalue weighted by Gasteiger charge is 2.11. The molecule has 0 aliphatic carbocycles. The molecule has 1 amide bonds. The Hall–Kier alpha value is -2.03. The van der Waals surface area contributed by atoms with Crippen molar-refractivity contribution in [3.63, 3.8) is 0 Å². The number of carbonyl (C=O) groups excluding carboxylic acids is 1. The molecule has 0 aliphatic heterocycles. The summed E-state index contributed by atoms with van der Waals surface area (Å²) < 4.78 is 5.48. The Bertz CT molecular complexity index is 413. The molecular weight excluding hydrogens is 238 g/mol. The molecule has 19 heavy (non-hydrogen) atoms. The Morgan fingerprint density at radius 2 is 1.79 bits per heavy atom. The van der Waals surface area contributed by atoms with Crippen molar-refractivity contribution < 1.29 is 9.53 Å². The summed E-state index contributed by atoms with van der Waals surface area (Å²) >= 11 is 0. The van der Waals surface area contributed by atoms with Crippen molar-refractivity contribution in [1.82, 2.24) is 4.90 Å². The second-order valence-electron chi connectivity index (χ2n) is 4.16. The van der Waals surface area contributed by atoms with E-state index >= 15 is 0 Å². The SMILES string of the molecule is C=CCN(CC=C)C(=O)COc1ccc(CC)cc1. The van der Waals surface area contributed by atoms with E-state index in [-0.39, 0.29) is 12.5 Å². The van der Waals surface area contributed by atoms with Gasteiger partial charge in [-0.05, 0) is 24.1 Å². The van der Waals surface area contributed by atoms with Gasteiger partial charge < -0.3 is 9.64 Å². The quantitative estimate of drug-likeness (QED) is 0.672. The first-order valence-corrected chi connectivity index (χ1v) is 6.42. The second kappa shape index (κ2) is 8.14. The molecule has 0 saturated heterocycles. The summed E-state index contributed by atoms with van der Waals surface area (Å²) in [6, 6.07) is 7.78. The van der Waals surface area contributed by atoms with Crippen LogP contribution in [0.1, 0.15) is 12.5 Å². The highest BCUT2D eigenvalue weighted by Crippen LogP contribution is 2.12. The third-order valence-electron chi connectivity index (χ3n) is 2.75. The number of hydrogen-bond donors (Lipinski definition) is 0. The van der Waals surface area contributed by atoms with Gasteiger partial charge in [0.05, 0.1) is 0 Å². The fraction of sp³-hybridized carbons (Fsp3) is 0.312.